The number of carboxylic acid groups (broad SMARTS) is 1. The van der Waals surface area contributed by atoms with Gasteiger partial charge in [-0.1, -0.05) is 12.1 Å². The van der Waals surface area contributed by atoms with E-state index in [0.29, 0.717) is 0 Å². The van der Waals surface area contributed by atoms with Crippen molar-refractivity contribution >= 4 is 18.0 Å². The number of ether oxygens (including phenoxy) is 1. The molecule has 2 fully saturated rings. The van der Waals surface area contributed by atoms with Crippen LogP contribution in [0.5, 0.6) is 0 Å². The number of aromatic carboxylic acids is 1. The van der Waals surface area contributed by atoms with Gasteiger partial charge in [0.2, 0.25) is 5.91 Å². The number of benzene rings is 1. The summed E-state index contributed by atoms with van der Waals surface area (Å²) < 4.78 is 5.50. The lowest BCUT2D eigenvalue weighted by Gasteiger charge is -2.35. The molecule has 7 heteroatoms. The van der Waals surface area contributed by atoms with E-state index < -0.39 is 23.7 Å². The minimum Gasteiger partial charge on any atom is -0.478 e. The van der Waals surface area contributed by atoms with E-state index in [1.54, 1.807) is 17.0 Å². The summed E-state index contributed by atoms with van der Waals surface area (Å²) in [6.07, 6.45) is 2.25. The fourth-order valence-corrected chi connectivity index (χ4v) is 3.96. The molecule has 27 heavy (non-hydrogen) atoms. The van der Waals surface area contributed by atoms with Crippen LogP contribution in [0.25, 0.3) is 0 Å². The standard InChI is InChI=1S/C20H26N2O5/c1-20(2,3)27-19(26)22-15-9-8-14(10-15)16(22)17(23)21-11-12-4-6-13(7-5-12)18(24)25/h4-7,14-16H,8-11H2,1-3H3,(H,21,23)(H,24,25)/t14-,15?,16?/m1/s1. The van der Waals surface area contributed by atoms with Crippen molar-refractivity contribution in [3.63, 3.8) is 0 Å². The van der Waals surface area contributed by atoms with Crippen LogP contribution in [0.3, 0.4) is 0 Å². The highest BCUT2D eigenvalue weighted by atomic mass is 16.6. The number of amides is 2. The van der Waals surface area contributed by atoms with Crippen molar-refractivity contribution < 1.29 is 24.2 Å². The molecule has 1 aromatic rings. The van der Waals surface area contributed by atoms with Gasteiger partial charge in [-0.05, 0) is 63.6 Å². The van der Waals surface area contributed by atoms with Gasteiger partial charge in [0.15, 0.2) is 0 Å². The summed E-state index contributed by atoms with van der Waals surface area (Å²) in [6, 6.07) is 5.93. The van der Waals surface area contributed by atoms with Crippen molar-refractivity contribution in [3.05, 3.63) is 35.4 Å². The summed E-state index contributed by atoms with van der Waals surface area (Å²) in [5, 5.41) is 11.8. The fraction of sp³-hybridized carbons (Fsp3) is 0.550. The molecule has 7 nitrogen and oxygen atoms in total. The van der Waals surface area contributed by atoms with E-state index in [1.807, 2.05) is 20.8 Å². The van der Waals surface area contributed by atoms with Crippen LogP contribution in [-0.2, 0) is 16.1 Å². The normalized spacial score (nSPS) is 24.0. The largest absolute Gasteiger partial charge is 0.478 e. The third kappa shape index (κ3) is 4.23. The van der Waals surface area contributed by atoms with Crippen molar-refractivity contribution in [2.45, 2.75) is 64.3 Å². The lowest BCUT2D eigenvalue weighted by molar-refractivity contribution is -0.128. The number of likely N-dealkylation sites (tertiary alicyclic amines) is 1. The quantitative estimate of drug-likeness (QED) is 0.845. The molecule has 2 aliphatic rings. The van der Waals surface area contributed by atoms with Crippen LogP contribution in [0.2, 0.25) is 0 Å². The van der Waals surface area contributed by atoms with E-state index in [4.69, 9.17) is 9.84 Å². The lowest BCUT2D eigenvalue weighted by atomic mass is 9.98. The molecule has 1 aliphatic heterocycles. The van der Waals surface area contributed by atoms with Crippen LogP contribution in [0.15, 0.2) is 24.3 Å². The molecule has 1 saturated heterocycles. The predicted molar refractivity (Wildman–Crippen MR) is 98.2 cm³/mol. The van der Waals surface area contributed by atoms with Gasteiger partial charge >= 0.3 is 12.1 Å². The number of fused-ring (bicyclic) bond motifs is 2. The van der Waals surface area contributed by atoms with Gasteiger partial charge in [0.25, 0.3) is 0 Å². The maximum absolute atomic E-state index is 12.8. The van der Waals surface area contributed by atoms with E-state index in [9.17, 15) is 14.4 Å². The highest BCUT2D eigenvalue weighted by Gasteiger charge is 2.52. The minimum atomic E-state index is -0.986. The summed E-state index contributed by atoms with van der Waals surface area (Å²) in [6.45, 7) is 5.73. The second kappa shape index (κ2) is 7.21. The molecule has 0 spiro atoms. The van der Waals surface area contributed by atoms with Gasteiger partial charge in [0, 0.05) is 12.6 Å². The monoisotopic (exact) mass is 374 g/mol. The third-order valence-electron chi connectivity index (χ3n) is 5.13. The Balaban J connectivity index is 1.65. The lowest BCUT2D eigenvalue weighted by Crippen LogP contribution is -2.53. The van der Waals surface area contributed by atoms with E-state index in [0.717, 1.165) is 24.8 Å². The number of hydrogen-bond acceptors (Lipinski definition) is 4. The zero-order chi connectivity index (χ0) is 19.8. The van der Waals surface area contributed by atoms with E-state index >= 15 is 0 Å². The maximum Gasteiger partial charge on any atom is 0.411 e. The van der Waals surface area contributed by atoms with Crippen molar-refractivity contribution in [2.24, 2.45) is 5.92 Å². The van der Waals surface area contributed by atoms with E-state index in [2.05, 4.69) is 5.32 Å². The maximum atomic E-state index is 12.8. The Bertz CT molecular complexity index is 738. The molecule has 1 aromatic carbocycles. The molecule has 3 rings (SSSR count). The second-order valence-electron chi connectivity index (χ2n) is 8.28. The molecule has 0 aromatic heterocycles. The third-order valence-corrected chi connectivity index (χ3v) is 5.13. The Morgan fingerprint density at radius 2 is 1.85 bits per heavy atom. The van der Waals surface area contributed by atoms with E-state index in [-0.39, 0.29) is 30.0 Å². The molecule has 146 valence electrons. The molecule has 2 amide bonds. The first-order valence-electron chi connectivity index (χ1n) is 9.27. The van der Waals surface area contributed by atoms with Crippen molar-refractivity contribution in [1.29, 1.82) is 0 Å². The average Bonchev–Trinajstić information content (AvgIpc) is 3.19. The molecule has 1 aliphatic carbocycles. The highest BCUT2D eigenvalue weighted by Crippen LogP contribution is 2.43. The second-order valence-corrected chi connectivity index (χ2v) is 8.28. The van der Waals surface area contributed by atoms with E-state index in [1.165, 1.54) is 12.1 Å². The SMILES string of the molecule is CC(C)(C)OC(=O)N1C2CC[C@H](C2)C1C(=O)NCc1ccc(C(=O)O)cc1. The number of nitrogens with zero attached hydrogens (tertiary/aromatic N) is 1. The number of carbonyl (C=O) groups excluding carboxylic acids is 2. The van der Waals surface area contributed by atoms with Gasteiger partial charge in [-0.15, -0.1) is 0 Å². The number of carboxylic acids is 1. The van der Waals surface area contributed by atoms with Crippen LogP contribution in [0, 0.1) is 5.92 Å². The summed E-state index contributed by atoms with van der Waals surface area (Å²) in [5.74, 6) is -1.01. The predicted octanol–water partition coefficient (Wildman–Crippen LogP) is 2.79. The van der Waals surface area contributed by atoms with Gasteiger partial charge in [0.1, 0.15) is 11.6 Å². The summed E-state index contributed by atoms with van der Waals surface area (Å²) in [7, 11) is 0. The van der Waals surface area contributed by atoms with Crippen LogP contribution in [-0.4, -0.2) is 45.7 Å². The number of hydrogen-bond donors (Lipinski definition) is 2. The van der Waals surface area contributed by atoms with Gasteiger partial charge in [-0.2, -0.15) is 0 Å². The first-order valence-corrected chi connectivity index (χ1v) is 9.27. The minimum absolute atomic E-state index is 0.0652. The summed E-state index contributed by atoms with van der Waals surface area (Å²) in [4.78, 5) is 37.9. The topological polar surface area (TPSA) is 95.9 Å². The van der Waals surface area contributed by atoms with Gasteiger partial charge in [-0.25, -0.2) is 9.59 Å². The summed E-state index contributed by atoms with van der Waals surface area (Å²) >= 11 is 0. The average molecular weight is 374 g/mol. The Kier molecular flexibility index (Phi) is 5.13. The zero-order valence-corrected chi connectivity index (χ0v) is 15.9. The number of carbonyl (C=O) groups is 3. The smallest absolute Gasteiger partial charge is 0.411 e. The van der Waals surface area contributed by atoms with Crippen LogP contribution >= 0.6 is 0 Å². The molecule has 3 atom stereocenters. The molecule has 2 bridgehead atoms. The van der Waals surface area contributed by atoms with Gasteiger partial charge in [0.05, 0.1) is 5.56 Å². The molecule has 1 saturated carbocycles. The Morgan fingerprint density at radius 3 is 2.44 bits per heavy atom. The van der Waals surface area contributed by atoms with Crippen molar-refractivity contribution in [2.75, 3.05) is 0 Å². The fourth-order valence-electron chi connectivity index (χ4n) is 3.96. The Morgan fingerprint density at radius 1 is 1.19 bits per heavy atom. The first kappa shape index (κ1) is 19.2. The molecule has 1 heterocycles. The molecule has 2 unspecified atom stereocenters. The van der Waals surface area contributed by atoms with Crippen molar-refractivity contribution in [1.82, 2.24) is 10.2 Å². The van der Waals surface area contributed by atoms with Crippen molar-refractivity contribution in [3.8, 4) is 0 Å². The molecular formula is C20H26N2O5. The molecule has 2 N–H and O–H groups in total. The van der Waals surface area contributed by atoms with Crippen LogP contribution in [0.1, 0.15) is 56.0 Å². The van der Waals surface area contributed by atoms with Gasteiger partial charge < -0.3 is 15.2 Å². The summed E-state index contributed by atoms with van der Waals surface area (Å²) in [5.41, 5.74) is 0.404. The number of piperidine rings is 1. The molecular weight excluding hydrogens is 348 g/mol. The first-order chi connectivity index (χ1) is 12.7. The Hall–Kier alpha value is -2.57. The van der Waals surface area contributed by atoms with Crippen LogP contribution in [0.4, 0.5) is 4.79 Å². The molecule has 0 radical (unpaired) electrons. The zero-order valence-electron chi connectivity index (χ0n) is 15.9. The highest BCUT2D eigenvalue weighted by molar-refractivity contribution is 5.88. The Labute approximate surface area is 158 Å². The van der Waals surface area contributed by atoms with Gasteiger partial charge in [-0.3, -0.25) is 9.69 Å². The number of nitrogens with one attached hydrogen (secondary N) is 1. The van der Waals surface area contributed by atoms with Crippen LogP contribution < -0.4 is 5.32 Å². The number of rotatable bonds is 4.